The lowest BCUT2D eigenvalue weighted by Crippen LogP contribution is -2.24. The van der Waals surface area contributed by atoms with Gasteiger partial charge in [0, 0.05) is 13.0 Å². The molecule has 0 bridgehead atoms. The molecule has 1 unspecified atom stereocenters. The van der Waals surface area contributed by atoms with Gasteiger partial charge >= 0.3 is 0 Å². The summed E-state index contributed by atoms with van der Waals surface area (Å²) in [6.45, 7) is 1.40. The topological polar surface area (TPSA) is 33.5 Å². The molecule has 1 aliphatic heterocycles. The number of thiol groups is 1. The second-order valence-corrected chi connectivity index (χ2v) is 3.97. The Morgan fingerprint density at radius 2 is 2.50 bits per heavy atom. The number of carbonyl (C=O) groups excluding carboxylic acids is 1. The molecule has 1 aromatic rings. The SMILES string of the molecule is O=C1CC(CS)CN1Cc1ccco1. The maximum Gasteiger partial charge on any atom is 0.223 e. The Morgan fingerprint density at radius 1 is 1.64 bits per heavy atom. The zero-order chi connectivity index (χ0) is 9.97. The lowest BCUT2D eigenvalue weighted by Gasteiger charge is -2.14. The Balaban J connectivity index is 1.96. The van der Waals surface area contributed by atoms with Crippen molar-refractivity contribution in [3.63, 3.8) is 0 Å². The van der Waals surface area contributed by atoms with E-state index in [0.717, 1.165) is 18.1 Å². The molecular weight excluding hydrogens is 198 g/mol. The van der Waals surface area contributed by atoms with Gasteiger partial charge in [0.1, 0.15) is 5.76 Å². The molecule has 76 valence electrons. The van der Waals surface area contributed by atoms with E-state index in [4.69, 9.17) is 4.42 Å². The normalized spacial score (nSPS) is 21.9. The van der Waals surface area contributed by atoms with Gasteiger partial charge in [0.25, 0.3) is 0 Å². The molecule has 1 amide bonds. The highest BCUT2D eigenvalue weighted by molar-refractivity contribution is 7.80. The van der Waals surface area contributed by atoms with Crippen molar-refractivity contribution in [2.24, 2.45) is 5.92 Å². The minimum absolute atomic E-state index is 0.209. The number of carbonyl (C=O) groups is 1. The molecule has 1 aliphatic rings. The first kappa shape index (κ1) is 9.65. The van der Waals surface area contributed by atoms with Crippen LogP contribution in [-0.4, -0.2) is 23.1 Å². The van der Waals surface area contributed by atoms with Crippen LogP contribution in [0.15, 0.2) is 22.8 Å². The average Bonchev–Trinajstić information content (AvgIpc) is 2.78. The van der Waals surface area contributed by atoms with Gasteiger partial charge in [0.15, 0.2) is 0 Å². The highest BCUT2D eigenvalue weighted by Gasteiger charge is 2.28. The molecule has 0 radical (unpaired) electrons. The molecule has 1 atom stereocenters. The Kier molecular flexibility index (Phi) is 2.82. The number of nitrogens with zero attached hydrogens (tertiary/aromatic N) is 1. The van der Waals surface area contributed by atoms with Crippen LogP contribution < -0.4 is 0 Å². The fourth-order valence-corrected chi connectivity index (χ4v) is 1.96. The lowest BCUT2D eigenvalue weighted by atomic mass is 10.1. The summed E-state index contributed by atoms with van der Waals surface area (Å²) in [5.41, 5.74) is 0. The molecule has 1 fully saturated rings. The Bertz CT molecular complexity index is 310. The van der Waals surface area contributed by atoms with Crippen molar-refractivity contribution in [1.82, 2.24) is 4.90 Å². The lowest BCUT2D eigenvalue weighted by molar-refractivity contribution is -0.128. The zero-order valence-corrected chi connectivity index (χ0v) is 8.74. The van der Waals surface area contributed by atoms with Crippen molar-refractivity contribution in [3.05, 3.63) is 24.2 Å². The molecule has 3 nitrogen and oxygen atoms in total. The van der Waals surface area contributed by atoms with Gasteiger partial charge in [-0.25, -0.2) is 0 Å². The van der Waals surface area contributed by atoms with E-state index in [0.29, 0.717) is 18.9 Å². The summed E-state index contributed by atoms with van der Waals surface area (Å²) in [6, 6.07) is 3.73. The van der Waals surface area contributed by atoms with Crippen molar-refractivity contribution >= 4 is 18.5 Å². The second kappa shape index (κ2) is 4.09. The maximum atomic E-state index is 11.5. The summed E-state index contributed by atoms with van der Waals surface area (Å²) in [4.78, 5) is 13.4. The molecule has 2 rings (SSSR count). The third-order valence-corrected chi connectivity index (χ3v) is 3.00. The number of furan rings is 1. The van der Waals surface area contributed by atoms with Crippen LogP contribution in [0.4, 0.5) is 0 Å². The predicted molar refractivity (Wildman–Crippen MR) is 56.1 cm³/mol. The zero-order valence-electron chi connectivity index (χ0n) is 7.85. The summed E-state index contributed by atoms with van der Waals surface area (Å²) < 4.78 is 5.20. The van der Waals surface area contributed by atoms with Crippen LogP contribution in [-0.2, 0) is 11.3 Å². The quantitative estimate of drug-likeness (QED) is 0.770. The van der Waals surface area contributed by atoms with E-state index in [-0.39, 0.29) is 5.91 Å². The van der Waals surface area contributed by atoms with E-state index in [9.17, 15) is 4.79 Å². The van der Waals surface area contributed by atoms with Crippen LogP contribution in [0.2, 0.25) is 0 Å². The first-order valence-corrected chi connectivity index (χ1v) is 5.34. The van der Waals surface area contributed by atoms with Crippen molar-refractivity contribution in [2.45, 2.75) is 13.0 Å². The van der Waals surface area contributed by atoms with Gasteiger partial charge in [-0.15, -0.1) is 0 Å². The summed E-state index contributed by atoms with van der Waals surface area (Å²) in [5.74, 6) is 2.24. The summed E-state index contributed by atoms with van der Waals surface area (Å²) >= 11 is 4.21. The summed E-state index contributed by atoms with van der Waals surface area (Å²) in [7, 11) is 0. The molecule has 2 heterocycles. The van der Waals surface area contributed by atoms with E-state index >= 15 is 0 Å². The molecule has 0 spiro atoms. The number of rotatable bonds is 3. The smallest absolute Gasteiger partial charge is 0.223 e. The van der Waals surface area contributed by atoms with Crippen molar-refractivity contribution in [2.75, 3.05) is 12.3 Å². The third-order valence-electron chi connectivity index (χ3n) is 2.48. The number of hydrogen-bond acceptors (Lipinski definition) is 3. The monoisotopic (exact) mass is 211 g/mol. The van der Waals surface area contributed by atoms with Crippen LogP contribution >= 0.6 is 12.6 Å². The summed E-state index contributed by atoms with van der Waals surface area (Å²) in [5, 5.41) is 0. The molecular formula is C10H13NO2S. The average molecular weight is 211 g/mol. The highest BCUT2D eigenvalue weighted by Crippen LogP contribution is 2.20. The van der Waals surface area contributed by atoms with Gasteiger partial charge < -0.3 is 9.32 Å². The van der Waals surface area contributed by atoms with Crippen molar-refractivity contribution in [3.8, 4) is 0 Å². The molecule has 0 N–H and O–H groups in total. The van der Waals surface area contributed by atoms with Gasteiger partial charge in [-0.05, 0) is 23.8 Å². The largest absolute Gasteiger partial charge is 0.467 e. The minimum Gasteiger partial charge on any atom is -0.467 e. The van der Waals surface area contributed by atoms with Crippen LogP contribution in [0.5, 0.6) is 0 Å². The van der Waals surface area contributed by atoms with Gasteiger partial charge in [-0.2, -0.15) is 12.6 Å². The van der Waals surface area contributed by atoms with E-state index in [1.54, 1.807) is 6.26 Å². The molecule has 0 aliphatic carbocycles. The highest BCUT2D eigenvalue weighted by atomic mass is 32.1. The predicted octanol–water partition coefficient (Wildman–Crippen LogP) is 1.56. The molecule has 1 aromatic heterocycles. The van der Waals surface area contributed by atoms with Crippen LogP contribution in [0.3, 0.4) is 0 Å². The molecule has 14 heavy (non-hydrogen) atoms. The number of amides is 1. The number of hydrogen-bond donors (Lipinski definition) is 1. The molecule has 0 saturated carbocycles. The standard InChI is InChI=1S/C10H13NO2S/c12-10-4-8(7-14)5-11(10)6-9-2-1-3-13-9/h1-3,8,14H,4-7H2. The van der Waals surface area contributed by atoms with Crippen LogP contribution in [0, 0.1) is 5.92 Å². The van der Waals surface area contributed by atoms with Crippen molar-refractivity contribution in [1.29, 1.82) is 0 Å². The van der Waals surface area contributed by atoms with E-state index in [2.05, 4.69) is 12.6 Å². The van der Waals surface area contributed by atoms with E-state index in [1.165, 1.54) is 0 Å². The fraction of sp³-hybridized carbons (Fsp3) is 0.500. The first-order chi connectivity index (χ1) is 6.79. The van der Waals surface area contributed by atoms with E-state index < -0.39 is 0 Å². The van der Waals surface area contributed by atoms with Gasteiger partial charge in [-0.3, -0.25) is 4.79 Å². The molecule has 1 saturated heterocycles. The summed E-state index contributed by atoms with van der Waals surface area (Å²) in [6.07, 6.45) is 2.26. The van der Waals surface area contributed by atoms with Gasteiger partial charge in [0.2, 0.25) is 5.91 Å². The maximum absolute atomic E-state index is 11.5. The van der Waals surface area contributed by atoms with E-state index in [1.807, 2.05) is 17.0 Å². The number of likely N-dealkylation sites (tertiary alicyclic amines) is 1. The van der Waals surface area contributed by atoms with Gasteiger partial charge in [-0.1, -0.05) is 0 Å². The minimum atomic E-state index is 0.209. The molecule has 4 heteroatoms. The fourth-order valence-electron chi connectivity index (χ4n) is 1.72. The Morgan fingerprint density at radius 3 is 3.07 bits per heavy atom. The first-order valence-electron chi connectivity index (χ1n) is 4.70. The van der Waals surface area contributed by atoms with Crippen LogP contribution in [0.25, 0.3) is 0 Å². The van der Waals surface area contributed by atoms with Gasteiger partial charge in [0.05, 0.1) is 12.8 Å². The van der Waals surface area contributed by atoms with Crippen LogP contribution in [0.1, 0.15) is 12.2 Å². The molecule has 0 aromatic carbocycles. The van der Waals surface area contributed by atoms with Crippen molar-refractivity contribution < 1.29 is 9.21 Å². The Labute approximate surface area is 88.5 Å². The Hall–Kier alpha value is -0.900. The second-order valence-electron chi connectivity index (χ2n) is 3.61. The third kappa shape index (κ3) is 1.95.